The molecule has 2 aromatic carbocycles. The van der Waals surface area contributed by atoms with E-state index in [1.54, 1.807) is 6.07 Å². The average Bonchev–Trinajstić information content (AvgIpc) is 2.78. The zero-order valence-electron chi connectivity index (χ0n) is 16.9. The summed E-state index contributed by atoms with van der Waals surface area (Å²) in [6, 6.07) is 9.91. The second-order valence-corrected chi connectivity index (χ2v) is 8.51. The Bertz CT molecular complexity index is 1130. The van der Waals surface area contributed by atoms with Gasteiger partial charge in [-0.25, -0.2) is 13.2 Å². The number of anilines is 1. The van der Waals surface area contributed by atoms with Crippen molar-refractivity contribution in [1.82, 2.24) is 9.62 Å². The van der Waals surface area contributed by atoms with E-state index in [0.717, 1.165) is 4.31 Å². The van der Waals surface area contributed by atoms with Crippen LogP contribution in [-0.2, 0) is 19.6 Å². The number of esters is 1. The fourth-order valence-corrected chi connectivity index (χ4v) is 4.44. The molecule has 1 aliphatic heterocycles. The van der Waals surface area contributed by atoms with Crippen LogP contribution in [0.15, 0.2) is 47.4 Å². The number of hydrogen-bond donors (Lipinski definition) is 2. The van der Waals surface area contributed by atoms with E-state index in [-0.39, 0.29) is 41.3 Å². The number of piperazine rings is 1. The predicted molar refractivity (Wildman–Crippen MR) is 110 cm³/mol. The third-order valence-corrected chi connectivity index (χ3v) is 6.46. The minimum absolute atomic E-state index is 0.0640. The van der Waals surface area contributed by atoms with Crippen LogP contribution in [0.25, 0.3) is 0 Å². The summed E-state index contributed by atoms with van der Waals surface area (Å²) >= 11 is 0. The number of nitrogens with zero attached hydrogens (tertiary/aromatic N) is 1. The molecule has 0 aromatic heterocycles. The molecular formula is C20H21N3O7S. The van der Waals surface area contributed by atoms with Gasteiger partial charge in [0.2, 0.25) is 15.9 Å². The van der Waals surface area contributed by atoms with Crippen LogP contribution in [0, 0.1) is 0 Å². The van der Waals surface area contributed by atoms with E-state index in [9.17, 15) is 22.8 Å². The van der Waals surface area contributed by atoms with Crippen molar-refractivity contribution >= 4 is 33.5 Å². The number of benzene rings is 2. The molecule has 164 valence electrons. The van der Waals surface area contributed by atoms with Crippen LogP contribution < -0.4 is 15.4 Å². The Labute approximate surface area is 179 Å². The number of methoxy groups -OCH3 is 2. The summed E-state index contributed by atoms with van der Waals surface area (Å²) in [5.74, 6) is -1.28. The second-order valence-electron chi connectivity index (χ2n) is 6.57. The molecule has 11 heteroatoms. The largest absolute Gasteiger partial charge is 0.497 e. The Morgan fingerprint density at radius 2 is 1.90 bits per heavy atom. The summed E-state index contributed by atoms with van der Waals surface area (Å²) in [5, 5.41) is 5.15. The van der Waals surface area contributed by atoms with Gasteiger partial charge in [-0.2, -0.15) is 4.31 Å². The van der Waals surface area contributed by atoms with Crippen LogP contribution in [-0.4, -0.2) is 64.4 Å². The lowest BCUT2D eigenvalue weighted by atomic mass is 10.1. The lowest BCUT2D eigenvalue weighted by molar-refractivity contribution is -0.122. The highest BCUT2D eigenvalue weighted by molar-refractivity contribution is 7.89. The quantitative estimate of drug-likeness (QED) is 0.628. The molecule has 0 unspecified atom stereocenters. The maximum absolute atomic E-state index is 12.9. The van der Waals surface area contributed by atoms with Gasteiger partial charge in [0.15, 0.2) is 0 Å². The van der Waals surface area contributed by atoms with Gasteiger partial charge in [-0.15, -0.1) is 0 Å². The number of carbonyl (C=O) groups excluding carboxylic acids is 3. The standard InChI is InChI=1S/C20H21N3O7S/c1-29-14-6-7-17(16(11-14)20(26)30-2)22-19(25)13-4-3-5-15(10-13)31(27,28)23-9-8-21-18(24)12-23/h3-7,10-11H,8-9,12H2,1-2H3,(H,21,24)(H,22,25). The van der Waals surface area contributed by atoms with Crippen LogP contribution in [0.1, 0.15) is 20.7 Å². The molecule has 1 fully saturated rings. The fourth-order valence-electron chi connectivity index (χ4n) is 3.00. The van der Waals surface area contributed by atoms with E-state index >= 15 is 0 Å². The van der Waals surface area contributed by atoms with Crippen molar-refractivity contribution in [3.05, 3.63) is 53.6 Å². The zero-order valence-corrected chi connectivity index (χ0v) is 17.7. The van der Waals surface area contributed by atoms with Gasteiger partial charge in [-0.05, 0) is 36.4 Å². The van der Waals surface area contributed by atoms with E-state index in [1.807, 2.05) is 0 Å². The topological polar surface area (TPSA) is 131 Å². The molecule has 31 heavy (non-hydrogen) atoms. The Kier molecular flexibility index (Phi) is 6.56. The van der Waals surface area contributed by atoms with Crippen molar-refractivity contribution in [2.75, 3.05) is 39.2 Å². The molecule has 1 aliphatic rings. The van der Waals surface area contributed by atoms with E-state index in [0.29, 0.717) is 5.75 Å². The van der Waals surface area contributed by atoms with Gasteiger partial charge in [0.1, 0.15) is 5.75 Å². The maximum atomic E-state index is 12.9. The van der Waals surface area contributed by atoms with Crippen molar-refractivity contribution in [3.63, 3.8) is 0 Å². The normalized spacial score (nSPS) is 14.5. The summed E-state index contributed by atoms with van der Waals surface area (Å²) in [7, 11) is -1.31. The molecule has 0 saturated carbocycles. The van der Waals surface area contributed by atoms with Gasteiger partial charge in [0.25, 0.3) is 5.91 Å². The van der Waals surface area contributed by atoms with E-state index in [2.05, 4.69) is 10.6 Å². The van der Waals surface area contributed by atoms with Crippen LogP contribution in [0.2, 0.25) is 0 Å². The molecule has 10 nitrogen and oxygen atoms in total. The smallest absolute Gasteiger partial charge is 0.340 e. The summed E-state index contributed by atoms with van der Waals surface area (Å²) in [4.78, 5) is 36.3. The third kappa shape index (κ3) is 4.84. The van der Waals surface area contributed by atoms with Gasteiger partial charge in [0, 0.05) is 18.7 Å². The summed E-state index contributed by atoms with van der Waals surface area (Å²) in [6.07, 6.45) is 0. The van der Waals surface area contributed by atoms with Crippen molar-refractivity contribution in [2.45, 2.75) is 4.90 Å². The highest BCUT2D eigenvalue weighted by atomic mass is 32.2. The molecular weight excluding hydrogens is 426 g/mol. The Morgan fingerprint density at radius 1 is 1.13 bits per heavy atom. The van der Waals surface area contributed by atoms with Crippen LogP contribution in [0.3, 0.4) is 0 Å². The van der Waals surface area contributed by atoms with Gasteiger partial charge >= 0.3 is 5.97 Å². The lowest BCUT2D eigenvalue weighted by Crippen LogP contribution is -2.49. The first-order chi connectivity index (χ1) is 14.8. The van der Waals surface area contributed by atoms with E-state index in [1.165, 1.54) is 50.6 Å². The number of carbonyl (C=O) groups is 3. The highest BCUT2D eigenvalue weighted by Crippen LogP contribution is 2.24. The Balaban J connectivity index is 1.87. The predicted octanol–water partition coefficient (Wildman–Crippen LogP) is 0.855. The molecule has 2 aromatic rings. The van der Waals surface area contributed by atoms with Crippen LogP contribution in [0.5, 0.6) is 5.75 Å². The maximum Gasteiger partial charge on any atom is 0.340 e. The van der Waals surface area contributed by atoms with Gasteiger partial charge in [-0.3, -0.25) is 9.59 Å². The summed E-state index contributed by atoms with van der Waals surface area (Å²) in [5.41, 5.74) is 0.325. The number of amides is 2. The molecule has 0 radical (unpaired) electrons. The van der Waals surface area contributed by atoms with Crippen LogP contribution >= 0.6 is 0 Å². The third-order valence-electron chi connectivity index (χ3n) is 4.62. The molecule has 0 bridgehead atoms. The summed E-state index contributed by atoms with van der Waals surface area (Å²) in [6.45, 7) is 0.0674. The number of nitrogens with one attached hydrogen (secondary N) is 2. The van der Waals surface area contributed by atoms with Gasteiger partial charge in [-0.1, -0.05) is 6.07 Å². The minimum atomic E-state index is -3.96. The Hall–Kier alpha value is -3.44. The van der Waals surface area contributed by atoms with Crippen molar-refractivity contribution in [2.24, 2.45) is 0 Å². The van der Waals surface area contributed by atoms with Gasteiger partial charge in [0.05, 0.1) is 36.9 Å². The van der Waals surface area contributed by atoms with Crippen molar-refractivity contribution in [3.8, 4) is 5.75 Å². The Morgan fingerprint density at radius 3 is 2.58 bits per heavy atom. The molecule has 3 rings (SSSR count). The van der Waals surface area contributed by atoms with Gasteiger partial charge < -0.3 is 20.1 Å². The monoisotopic (exact) mass is 447 g/mol. The average molecular weight is 447 g/mol. The molecule has 1 heterocycles. The van der Waals surface area contributed by atoms with E-state index in [4.69, 9.17) is 9.47 Å². The molecule has 1 saturated heterocycles. The SMILES string of the molecule is COC(=O)c1cc(OC)ccc1NC(=O)c1cccc(S(=O)(=O)N2CCNC(=O)C2)c1. The number of sulfonamides is 1. The zero-order chi connectivity index (χ0) is 22.6. The lowest BCUT2D eigenvalue weighted by Gasteiger charge is -2.26. The molecule has 0 aliphatic carbocycles. The molecule has 2 N–H and O–H groups in total. The first-order valence-electron chi connectivity index (χ1n) is 9.21. The van der Waals surface area contributed by atoms with Crippen molar-refractivity contribution < 1.29 is 32.3 Å². The molecule has 0 spiro atoms. The fraction of sp³-hybridized carbons (Fsp3) is 0.250. The minimum Gasteiger partial charge on any atom is -0.497 e. The number of ether oxygens (including phenoxy) is 2. The first-order valence-corrected chi connectivity index (χ1v) is 10.6. The summed E-state index contributed by atoms with van der Waals surface area (Å²) < 4.78 is 36.6. The van der Waals surface area contributed by atoms with Crippen molar-refractivity contribution in [1.29, 1.82) is 0 Å². The number of rotatable bonds is 6. The molecule has 2 amide bonds. The number of hydrogen-bond acceptors (Lipinski definition) is 7. The van der Waals surface area contributed by atoms with Crippen LogP contribution in [0.4, 0.5) is 5.69 Å². The second kappa shape index (κ2) is 9.14. The first kappa shape index (κ1) is 22.2. The van der Waals surface area contributed by atoms with E-state index < -0.39 is 27.8 Å². The molecule has 0 atom stereocenters. The highest BCUT2D eigenvalue weighted by Gasteiger charge is 2.29.